The van der Waals surface area contributed by atoms with Gasteiger partial charge in [0.1, 0.15) is 6.04 Å². The summed E-state index contributed by atoms with van der Waals surface area (Å²) < 4.78 is 8.75. The van der Waals surface area contributed by atoms with Gasteiger partial charge >= 0.3 is 5.69 Å². The van der Waals surface area contributed by atoms with Crippen molar-refractivity contribution in [2.75, 3.05) is 19.8 Å². The number of imide groups is 1. The van der Waals surface area contributed by atoms with E-state index in [2.05, 4.69) is 5.32 Å². The number of hydrogen-bond donors (Lipinski definition) is 2. The molecule has 1 aliphatic rings. The van der Waals surface area contributed by atoms with Crippen molar-refractivity contribution in [2.24, 2.45) is 7.05 Å². The number of carbonyl (C=O) groups excluding carboxylic acids is 2. The fourth-order valence-electron chi connectivity index (χ4n) is 3.91. The molecule has 2 N–H and O–H groups in total. The third kappa shape index (κ3) is 4.76. The molecule has 8 nitrogen and oxygen atoms in total. The summed E-state index contributed by atoms with van der Waals surface area (Å²) >= 11 is 0. The van der Waals surface area contributed by atoms with E-state index in [0.717, 1.165) is 48.7 Å². The van der Waals surface area contributed by atoms with Gasteiger partial charge in [0.2, 0.25) is 11.8 Å². The lowest BCUT2D eigenvalue weighted by molar-refractivity contribution is -0.135. The summed E-state index contributed by atoms with van der Waals surface area (Å²) in [4.78, 5) is 36.6. The van der Waals surface area contributed by atoms with Crippen molar-refractivity contribution in [3.8, 4) is 0 Å². The maximum Gasteiger partial charge on any atom is 0.329 e. The highest BCUT2D eigenvalue weighted by atomic mass is 16.5. The van der Waals surface area contributed by atoms with Gasteiger partial charge in [-0.25, -0.2) is 4.79 Å². The van der Waals surface area contributed by atoms with Crippen molar-refractivity contribution in [1.29, 1.82) is 0 Å². The van der Waals surface area contributed by atoms with Gasteiger partial charge in [-0.05, 0) is 50.2 Å². The van der Waals surface area contributed by atoms with Crippen LogP contribution in [-0.4, -0.2) is 45.9 Å². The van der Waals surface area contributed by atoms with Crippen LogP contribution in [0, 0.1) is 0 Å². The molecule has 1 atom stereocenters. The second-order valence-electron chi connectivity index (χ2n) is 7.46. The second-order valence-corrected chi connectivity index (χ2v) is 7.46. The number of fused-ring (bicyclic) bond motifs is 1. The molecule has 1 unspecified atom stereocenters. The van der Waals surface area contributed by atoms with E-state index in [-0.39, 0.29) is 24.6 Å². The van der Waals surface area contributed by atoms with Crippen molar-refractivity contribution in [2.45, 2.75) is 51.0 Å². The van der Waals surface area contributed by atoms with Crippen molar-refractivity contribution in [3.63, 3.8) is 0 Å². The van der Waals surface area contributed by atoms with Gasteiger partial charge in [-0.2, -0.15) is 0 Å². The number of amides is 2. The predicted molar refractivity (Wildman–Crippen MR) is 109 cm³/mol. The molecule has 3 rings (SSSR count). The molecule has 1 saturated heterocycles. The number of imidazole rings is 1. The smallest absolute Gasteiger partial charge is 0.329 e. The summed E-state index contributed by atoms with van der Waals surface area (Å²) in [5, 5.41) is 11.1. The Morgan fingerprint density at radius 2 is 1.93 bits per heavy atom. The standard InChI is InChI=1S/C21H29N3O5/c1-23-19-15(8-6-14-29-13-4-2-3-12-25)7-5-9-16(19)24(21(23)28)17-10-11-18(26)22-20(17)27/h5,7,9,17,25H,2-4,6,8,10-14H2,1H3,(H,22,26,27). The summed E-state index contributed by atoms with van der Waals surface area (Å²) in [5.74, 6) is -0.715. The summed E-state index contributed by atoms with van der Waals surface area (Å²) in [6.45, 7) is 1.55. The molecule has 2 aromatic rings. The Labute approximate surface area is 169 Å². The number of rotatable bonds is 10. The maximum atomic E-state index is 12.9. The zero-order valence-corrected chi connectivity index (χ0v) is 16.9. The monoisotopic (exact) mass is 403 g/mol. The van der Waals surface area contributed by atoms with Crippen LogP contribution in [0.3, 0.4) is 0 Å². The lowest BCUT2D eigenvalue weighted by atomic mass is 10.0. The number of piperidine rings is 1. The molecule has 29 heavy (non-hydrogen) atoms. The SMILES string of the molecule is Cn1c(=O)n(C2CCC(=O)NC2=O)c2cccc(CCCOCCCCCO)c21. The van der Waals surface area contributed by atoms with Crippen LogP contribution in [0.4, 0.5) is 0 Å². The molecular weight excluding hydrogens is 374 g/mol. The number of hydrogen-bond acceptors (Lipinski definition) is 5. The van der Waals surface area contributed by atoms with E-state index >= 15 is 0 Å². The number of nitrogens with zero attached hydrogens (tertiary/aromatic N) is 2. The first kappa shape index (κ1) is 21.3. The van der Waals surface area contributed by atoms with Crippen molar-refractivity contribution < 1.29 is 19.4 Å². The van der Waals surface area contributed by atoms with Crippen LogP contribution >= 0.6 is 0 Å². The van der Waals surface area contributed by atoms with Crippen molar-refractivity contribution in [3.05, 3.63) is 34.2 Å². The van der Waals surface area contributed by atoms with E-state index in [4.69, 9.17) is 9.84 Å². The van der Waals surface area contributed by atoms with Crippen LogP contribution in [0.25, 0.3) is 11.0 Å². The first-order valence-electron chi connectivity index (χ1n) is 10.3. The Bertz CT molecular complexity index is 930. The summed E-state index contributed by atoms with van der Waals surface area (Å²) in [5.41, 5.74) is 2.33. The van der Waals surface area contributed by atoms with E-state index in [1.165, 1.54) is 4.57 Å². The minimum Gasteiger partial charge on any atom is -0.396 e. The Morgan fingerprint density at radius 3 is 2.69 bits per heavy atom. The number of unbranched alkanes of at least 4 members (excludes halogenated alkanes) is 2. The average molecular weight is 403 g/mol. The Morgan fingerprint density at radius 1 is 1.14 bits per heavy atom. The van der Waals surface area contributed by atoms with Crippen LogP contribution in [0.2, 0.25) is 0 Å². The van der Waals surface area contributed by atoms with Crippen molar-refractivity contribution >= 4 is 22.8 Å². The number of carbonyl (C=O) groups is 2. The van der Waals surface area contributed by atoms with E-state index in [1.807, 2.05) is 18.2 Å². The highest BCUT2D eigenvalue weighted by Crippen LogP contribution is 2.25. The Balaban J connectivity index is 1.72. The van der Waals surface area contributed by atoms with Gasteiger partial charge < -0.3 is 9.84 Å². The zero-order valence-electron chi connectivity index (χ0n) is 16.9. The van der Waals surface area contributed by atoms with E-state index in [9.17, 15) is 14.4 Å². The zero-order chi connectivity index (χ0) is 20.8. The molecule has 2 amide bonds. The number of ether oxygens (including phenoxy) is 1. The molecule has 1 aliphatic heterocycles. The minimum atomic E-state index is -0.665. The van der Waals surface area contributed by atoms with Crippen LogP contribution in [-0.2, 0) is 27.8 Å². The molecule has 158 valence electrons. The fraction of sp³-hybridized carbons (Fsp3) is 0.571. The van der Waals surface area contributed by atoms with Gasteiger partial charge in [-0.1, -0.05) is 12.1 Å². The largest absolute Gasteiger partial charge is 0.396 e. The number of aryl methyl sites for hydroxylation is 2. The maximum absolute atomic E-state index is 12.9. The molecule has 0 radical (unpaired) electrons. The highest BCUT2D eigenvalue weighted by Gasteiger charge is 2.31. The number of aliphatic hydroxyl groups is 1. The number of aliphatic hydroxyl groups excluding tert-OH is 1. The molecular formula is C21H29N3O5. The van der Waals surface area contributed by atoms with Crippen LogP contribution in [0.15, 0.2) is 23.0 Å². The van der Waals surface area contributed by atoms with E-state index in [0.29, 0.717) is 19.6 Å². The van der Waals surface area contributed by atoms with Crippen LogP contribution < -0.4 is 11.0 Å². The number of benzene rings is 1. The van der Waals surface area contributed by atoms with E-state index in [1.54, 1.807) is 11.6 Å². The summed E-state index contributed by atoms with van der Waals surface area (Å²) in [7, 11) is 1.72. The van der Waals surface area contributed by atoms with Gasteiger partial charge in [0.05, 0.1) is 11.0 Å². The van der Waals surface area contributed by atoms with Gasteiger partial charge in [-0.3, -0.25) is 24.0 Å². The van der Waals surface area contributed by atoms with Crippen LogP contribution in [0.5, 0.6) is 0 Å². The third-order valence-corrected chi connectivity index (χ3v) is 5.39. The van der Waals surface area contributed by atoms with E-state index < -0.39 is 11.9 Å². The first-order chi connectivity index (χ1) is 14.0. The normalized spacial score (nSPS) is 17.1. The highest BCUT2D eigenvalue weighted by molar-refractivity contribution is 6.00. The quantitative estimate of drug-likeness (QED) is 0.462. The predicted octanol–water partition coefficient (Wildman–Crippen LogP) is 1.43. The van der Waals surface area contributed by atoms with Gasteiger partial charge in [0.15, 0.2) is 0 Å². The third-order valence-electron chi connectivity index (χ3n) is 5.39. The van der Waals surface area contributed by atoms with Crippen LogP contribution in [0.1, 0.15) is 50.1 Å². The second kappa shape index (κ2) is 9.84. The molecule has 1 fully saturated rings. The topological polar surface area (TPSA) is 103 Å². The number of nitrogens with one attached hydrogen (secondary N) is 1. The molecule has 1 aromatic heterocycles. The molecule has 1 aromatic carbocycles. The summed E-state index contributed by atoms with van der Waals surface area (Å²) in [6, 6.07) is 5.08. The Hall–Kier alpha value is -2.45. The molecule has 0 saturated carbocycles. The number of para-hydroxylation sites is 1. The molecule has 8 heteroatoms. The lowest BCUT2D eigenvalue weighted by Crippen LogP contribution is -2.44. The minimum absolute atomic E-state index is 0.223. The van der Waals surface area contributed by atoms with Gasteiger partial charge in [-0.15, -0.1) is 0 Å². The average Bonchev–Trinajstić information content (AvgIpc) is 2.95. The molecule has 0 spiro atoms. The summed E-state index contributed by atoms with van der Waals surface area (Å²) in [6.07, 6.45) is 4.87. The van der Waals surface area contributed by atoms with Crippen molar-refractivity contribution in [1.82, 2.24) is 14.5 Å². The molecule has 0 aliphatic carbocycles. The van der Waals surface area contributed by atoms with Gasteiger partial charge in [0, 0.05) is 33.3 Å². The Kier molecular flexibility index (Phi) is 7.22. The van der Waals surface area contributed by atoms with Gasteiger partial charge in [0.25, 0.3) is 0 Å². The number of aromatic nitrogens is 2. The molecule has 2 heterocycles. The fourth-order valence-corrected chi connectivity index (χ4v) is 3.91. The first-order valence-corrected chi connectivity index (χ1v) is 10.3. The molecule has 0 bridgehead atoms. The lowest BCUT2D eigenvalue weighted by Gasteiger charge is -2.21.